The fourth-order valence-corrected chi connectivity index (χ4v) is 3.37. The maximum Gasteiger partial charge on any atom is 0.431 e. The Kier molecular flexibility index (Phi) is 6.81. The van der Waals surface area contributed by atoms with E-state index in [1.165, 1.54) is 31.2 Å². The highest BCUT2D eigenvalue weighted by Crippen LogP contribution is 2.39. The predicted molar refractivity (Wildman–Crippen MR) is 107 cm³/mol. The van der Waals surface area contributed by atoms with Crippen LogP contribution in [-0.4, -0.2) is 29.5 Å². The molecule has 0 aliphatic rings. The van der Waals surface area contributed by atoms with Crippen LogP contribution in [0, 0.1) is 20.8 Å². The van der Waals surface area contributed by atoms with Crippen molar-refractivity contribution in [1.29, 1.82) is 0 Å². The first kappa shape index (κ1) is 23.0. The molecule has 0 amide bonds. The number of hydrogen-bond donors (Lipinski definition) is 1. The monoisotopic (exact) mass is 426 g/mol. The second-order valence-corrected chi connectivity index (χ2v) is 7.26. The highest BCUT2D eigenvalue weighted by Gasteiger charge is 2.59. The second-order valence-electron chi connectivity index (χ2n) is 6.82. The summed E-state index contributed by atoms with van der Waals surface area (Å²) in [5.41, 5.74) is -0.530. The Morgan fingerprint density at radius 1 is 1.10 bits per heavy atom. The molecule has 0 spiro atoms. The summed E-state index contributed by atoms with van der Waals surface area (Å²) in [6, 6.07) is 9.77. The molecule has 0 aliphatic heterocycles. The van der Waals surface area contributed by atoms with Crippen molar-refractivity contribution < 1.29 is 27.8 Å². The van der Waals surface area contributed by atoms with E-state index in [9.17, 15) is 23.1 Å². The van der Waals surface area contributed by atoms with E-state index in [1.54, 1.807) is 13.8 Å². The molecule has 0 saturated carbocycles. The van der Waals surface area contributed by atoms with Crippen LogP contribution in [0.1, 0.15) is 34.7 Å². The molecule has 7 heteroatoms. The van der Waals surface area contributed by atoms with Crippen molar-refractivity contribution in [1.82, 2.24) is 0 Å². The average Bonchev–Trinajstić information content (AvgIpc) is 2.59. The molecule has 29 heavy (non-hydrogen) atoms. The summed E-state index contributed by atoms with van der Waals surface area (Å²) in [4.78, 5) is 12.1. The van der Waals surface area contributed by atoms with Crippen molar-refractivity contribution in [3.63, 3.8) is 0 Å². The Morgan fingerprint density at radius 3 is 2.07 bits per heavy atom. The molecular formula is C22H22ClF3O3. The number of hydrogen-bond acceptors (Lipinski definition) is 3. The van der Waals surface area contributed by atoms with E-state index in [4.69, 9.17) is 11.6 Å². The molecular weight excluding hydrogens is 405 g/mol. The summed E-state index contributed by atoms with van der Waals surface area (Å²) in [6.07, 6.45) is -4.75. The third-order valence-corrected chi connectivity index (χ3v) is 4.73. The molecule has 0 saturated heterocycles. The van der Waals surface area contributed by atoms with Crippen LogP contribution in [0.2, 0.25) is 5.02 Å². The molecule has 1 atom stereocenters. The standard InChI is InChI=1S/C22H22ClF3O3/c1-5-29-20(27)21(28,22(24,25)26)12-18(16-6-8-17(23)9-7-16)19-14(3)10-13(2)11-15(19)4/h6-12,28H,5H2,1-4H3/b18-12+/t21-/m1/s1. The van der Waals surface area contributed by atoms with Gasteiger partial charge >= 0.3 is 12.1 Å². The summed E-state index contributed by atoms with van der Waals surface area (Å²) in [5, 5.41) is 10.8. The number of halogens is 4. The lowest BCUT2D eigenvalue weighted by Crippen LogP contribution is -2.51. The first-order valence-electron chi connectivity index (χ1n) is 8.94. The molecule has 2 aromatic carbocycles. The van der Waals surface area contributed by atoms with Crippen LogP contribution in [0.15, 0.2) is 42.5 Å². The highest BCUT2D eigenvalue weighted by molar-refractivity contribution is 6.30. The average molecular weight is 427 g/mol. The summed E-state index contributed by atoms with van der Waals surface area (Å²) >= 11 is 5.92. The predicted octanol–water partition coefficient (Wildman–Crippen LogP) is 5.55. The molecule has 0 unspecified atom stereocenters. The van der Waals surface area contributed by atoms with Crippen LogP contribution in [0.3, 0.4) is 0 Å². The Labute approximate surface area is 172 Å². The molecule has 0 bridgehead atoms. The molecule has 3 nitrogen and oxygen atoms in total. The van der Waals surface area contributed by atoms with Gasteiger partial charge in [0.1, 0.15) is 0 Å². The van der Waals surface area contributed by atoms with E-state index in [1.807, 2.05) is 19.1 Å². The lowest BCUT2D eigenvalue weighted by atomic mass is 9.86. The molecule has 0 aliphatic carbocycles. The van der Waals surface area contributed by atoms with Gasteiger partial charge in [-0.15, -0.1) is 0 Å². The molecule has 0 fully saturated rings. The number of aryl methyl sites for hydroxylation is 3. The van der Waals surface area contributed by atoms with E-state index in [2.05, 4.69) is 4.74 Å². The summed E-state index contributed by atoms with van der Waals surface area (Å²) in [5.74, 6) is -1.78. The molecule has 1 N–H and O–H groups in total. The second kappa shape index (κ2) is 8.59. The molecule has 2 aromatic rings. The minimum absolute atomic E-state index is 0.0598. The zero-order valence-corrected chi connectivity index (χ0v) is 17.3. The van der Waals surface area contributed by atoms with E-state index >= 15 is 0 Å². The van der Waals surface area contributed by atoms with Gasteiger partial charge in [-0.1, -0.05) is 41.4 Å². The Hall–Kier alpha value is -2.31. The van der Waals surface area contributed by atoms with Crippen LogP contribution in [0.5, 0.6) is 0 Å². The Bertz CT molecular complexity index is 910. The fraction of sp³-hybridized carbons (Fsp3) is 0.318. The van der Waals surface area contributed by atoms with E-state index in [-0.39, 0.29) is 12.2 Å². The van der Waals surface area contributed by atoms with Crippen molar-refractivity contribution >= 4 is 23.1 Å². The van der Waals surface area contributed by atoms with Gasteiger partial charge in [0.15, 0.2) is 0 Å². The van der Waals surface area contributed by atoms with Gasteiger partial charge in [0.25, 0.3) is 5.60 Å². The number of ether oxygens (including phenoxy) is 1. The van der Waals surface area contributed by atoms with Crippen LogP contribution in [0.4, 0.5) is 13.2 Å². The van der Waals surface area contributed by atoms with Crippen LogP contribution in [-0.2, 0) is 9.53 Å². The first-order valence-corrected chi connectivity index (χ1v) is 9.31. The largest absolute Gasteiger partial charge is 0.463 e. The minimum Gasteiger partial charge on any atom is -0.463 e. The SMILES string of the molecule is CCOC(=O)[C@](O)(/C=C(\c1ccc(Cl)cc1)c1c(C)cc(C)cc1C)C(F)(F)F. The lowest BCUT2D eigenvalue weighted by molar-refractivity contribution is -0.245. The van der Waals surface area contributed by atoms with Gasteiger partial charge in [0.2, 0.25) is 0 Å². The third-order valence-electron chi connectivity index (χ3n) is 4.47. The van der Waals surface area contributed by atoms with E-state index in [0.29, 0.717) is 33.4 Å². The quantitative estimate of drug-likeness (QED) is 0.637. The summed E-state index contributed by atoms with van der Waals surface area (Å²) < 4.78 is 45.9. The number of aliphatic hydroxyl groups is 1. The molecule has 0 aromatic heterocycles. The summed E-state index contributed by atoms with van der Waals surface area (Å²) in [7, 11) is 0. The Balaban J connectivity index is 2.86. The maximum atomic E-state index is 13.8. The number of rotatable bonds is 5. The number of carbonyl (C=O) groups excluding carboxylic acids is 1. The third kappa shape index (κ3) is 4.82. The smallest absolute Gasteiger partial charge is 0.431 e. The van der Waals surface area contributed by atoms with Crippen molar-refractivity contribution in [2.75, 3.05) is 6.61 Å². The normalized spacial score (nSPS) is 14.4. The zero-order chi connectivity index (χ0) is 22.0. The van der Waals surface area contributed by atoms with Gasteiger partial charge in [-0.3, -0.25) is 0 Å². The van der Waals surface area contributed by atoms with E-state index < -0.39 is 17.7 Å². The first-order chi connectivity index (χ1) is 13.4. The lowest BCUT2D eigenvalue weighted by Gasteiger charge is -2.27. The molecule has 0 heterocycles. The Morgan fingerprint density at radius 2 is 1.62 bits per heavy atom. The maximum absolute atomic E-state index is 13.8. The number of carbonyl (C=O) groups is 1. The topological polar surface area (TPSA) is 46.5 Å². The molecule has 2 rings (SSSR count). The molecule has 0 radical (unpaired) electrons. The zero-order valence-electron chi connectivity index (χ0n) is 16.5. The minimum atomic E-state index is -5.27. The van der Waals surface area contributed by atoms with Crippen LogP contribution < -0.4 is 0 Å². The molecule has 156 valence electrons. The van der Waals surface area contributed by atoms with Gasteiger partial charge in [0.05, 0.1) is 6.61 Å². The summed E-state index contributed by atoms with van der Waals surface area (Å²) in [6.45, 7) is 6.46. The van der Waals surface area contributed by atoms with Crippen LogP contribution in [0.25, 0.3) is 5.57 Å². The fourth-order valence-electron chi connectivity index (χ4n) is 3.24. The highest BCUT2D eigenvalue weighted by atomic mass is 35.5. The van der Waals surface area contributed by atoms with Crippen molar-refractivity contribution in [3.8, 4) is 0 Å². The number of alkyl halides is 3. The number of benzene rings is 2. The van der Waals surface area contributed by atoms with Crippen molar-refractivity contribution in [2.45, 2.75) is 39.5 Å². The van der Waals surface area contributed by atoms with Crippen molar-refractivity contribution in [2.24, 2.45) is 0 Å². The van der Waals surface area contributed by atoms with Crippen LogP contribution >= 0.6 is 11.6 Å². The van der Waals surface area contributed by atoms with Crippen molar-refractivity contribution in [3.05, 3.63) is 75.3 Å². The van der Waals surface area contributed by atoms with Gasteiger partial charge in [0, 0.05) is 5.02 Å². The van der Waals surface area contributed by atoms with Gasteiger partial charge in [-0.05, 0) is 73.7 Å². The van der Waals surface area contributed by atoms with E-state index in [0.717, 1.165) is 5.56 Å². The van der Waals surface area contributed by atoms with Gasteiger partial charge in [-0.25, -0.2) is 4.79 Å². The van der Waals surface area contributed by atoms with Gasteiger partial charge in [-0.2, -0.15) is 13.2 Å². The van der Waals surface area contributed by atoms with Gasteiger partial charge < -0.3 is 9.84 Å². The number of esters is 1.